The van der Waals surface area contributed by atoms with Crippen molar-refractivity contribution in [3.8, 4) is 0 Å². The van der Waals surface area contributed by atoms with Crippen LogP contribution in [0.15, 0.2) is 30.4 Å². The molecule has 32 heavy (non-hydrogen) atoms. The molecule has 2 heteroatoms. The third-order valence-electron chi connectivity index (χ3n) is 10.1. The van der Waals surface area contributed by atoms with Crippen molar-refractivity contribution in [3.05, 3.63) is 47.0 Å². The number of ether oxygens (including phenoxy) is 1. The summed E-state index contributed by atoms with van der Waals surface area (Å²) in [6.07, 6.45) is 8.84. The van der Waals surface area contributed by atoms with Gasteiger partial charge < -0.3 is 4.74 Å². The number of hydrogen-bond acceptors (Lipinski definition) is 2. The molecule has 0 amide bonds. The normalized spacial score (nSPS) is 33.1. The van der Waals surface area contributed by atoms with Gasteiger partial charge in [0.1, 0.15) is 0 Å². The van der Waals surface area contributed by atoms with Crippen LogP contribution >= 0.6 is 0 Å². The lowest BCUT2D eigenvalue weighted by Gasteiger charge is -2.52. The Morgan fingerprint density at radius 1 is 1.19 bits per heavy atom. The van der Waals surface area contributed by atoms with Crippen LogP contribution in [0.5, 0.6) is 0 Å². The largest absolute Gasteiger partial charge is 0.469 e. The van der Waals surface area contributed by atoms with Gasteiger partial charge in [-0.05, 0) is 109 Å². The van der Waals surface area contributed by atoms with E-state index in [0.29, 0.717) is 23.2 Å². The van der Waals surface area contributed by atoms with E-state index in [4.69, 9.17) is 4.74 Å². The lowest BCUT2D eigenvalue weighted by Crippen LogP contribution is -2.44. The molecule has 1 aromatic rings. The predicted molar refractivity (Wildman–Crippen MR) is 133 cm³/mol. The van der Waals surface area contributed by atoms with Crippen molar-refractivity contribution in [2.45, 2.75) is 85.5 Å². The minimum Gasteiger partial charge on any atom is -0.469 e. The van der Waals surface area contributed by atoms with Gasteiger partial charge in [-0.15, -0.1) is 0 Å². The highest BCUT2D eigenvalue weighted by Crippen LogP contribution is 2.64. The van der Waals surface area contributed by atoms with E-state index in [1.165, 1.54) is 51.2 Å². The van der Waals surface area contributed by atoms with Gasteiger partial charge in [-0.2, -0.15) is 0 Å². The van der Waals surface area contributed by atoms with Crippen LogP contribution in [0.2, 0.25) is 0 Å². The second-order valence-corrected chi connectivity index (χ2v) is 11.8. The highest BCUT2D eigenvalue weighted by atomic mass is 16.5. The molecule has 2 fully saturated rings. The van der Waals surface area contributed by atoms with Crippen molar-refractivity contribution < 1.29 is 9.53 Å². The molecule has 2 nitrogen and oxygen atoms in total. The maximum atomic E-state index is 12.6. The van der Waals surface area contributed by atoms with E-state index in [-0.39, 0.29) is 11.9 Å². The first-order valence-corrected chi connectivity index (χ1v) is 13.0. The summed E-state index contributed by atoms with van der Waals surface area (Å²) in [5.74, 6) is 3.67. The van der Waals surface area contributed by atoms with E-state index >= 15 is 0 Å². The first kappa shape index (κ1) is 23.6. The zero-order valence-electron chi connectivity index (χ0n) is 21.2. The van der Waals surface area contributed by atoms with Gasteiger partial charge in [0, 0.05) is 0 Å². The summed E-state index contributed by atoms with van der Waals surface area (Å²) in [6, 6.07) is 7.00. The van der Waals surface area contributed by atoms with Gasteiger partial charge in [0.25, 0.3) is 0 Å². The van der Waals surface area contributed by atoms with Crippen molar-refractivity contribution in [3.63, 3.8) is 0 Å². The number of aryl methyl sites for hydroxylation is 1. The summed E-state index contributed by atoms with van der Waals surface area (Å²) in [4.78, 5) is 12.6. The van der Waals surface area contributed by atoms with Crippen molar-refractivity contribution in [2.24, 2.45) is 40.9 Å². The number of methoxy groups -OCH3 is 1. The summed E-state index contributed by atoms with van der Waals surface area (Å²) in [5.41, 5.74) is 6.24. The van der Waals surface area contributed by atoms with E-state index in [1.54, 1.807) is 11.1 Å². The Kier molecular flexibility index (Phi) is 6.63. The number of carbonyl (C=O) groups is 1. The molecule has 176 valence electrons. The van der Waals surface area contributed by atoms with Crippen LogP contribution in [-0.4, -0.2) is 13.1 Å². The fourth-order valence-electron chi connectivity index (χ4n) is 8.26. The lowest BCUT2D eigenvalue weighted by molar-refractivity contribution is -0.145. The lowest BCUT2D eigenvalue weighted by atomic mass is 9.52. The van der Waals surface area contributed by atoms with Crippen LogP contribution in [0.1, 0.15) is 88.8 Å². The Morgan fingerprint density at radius 2 is 1.94 bits per heavy atom. The summed E-state index contributed by atoms with van der Waals surface area (Å²) in [5, 5.41) is 0. The zero-order chi connectivity index (χ0) is 23.2. The summed E-state index contributed by atoms with van der Waals surface area (Å²) < 4.78 is 5.19. The second-order valence-electron chi connectivity index (χ2n) is 11.8. The average molecular weight is 437 g/mol. The van der Waals surface area contributed by atoms with Gasteiger partial charge in [0.05, 0.1) is 13.0 Å². The molecule has 2 saturated carbocycles. The molecule has 0 bridgehead atoms. The van der Waals surface area contributed by atoms with E-state index < -0.39 is 0 Å². The van der Waals surface area contributed by atoms with Gasteiger partial charge in [0.2, 0.25) is 0 Å². The van der Waals surface area contributed by atoms with E-state index in [0.717, 1.165) is 29.7 Å². The fraction of sp³-hybridized carbons (Fsp3) is 0.700. The van der Waals surface area contributed by atoms with Crippen LogP contribution in [0.25, 0.3) is 0 Å². The van der Waals surface area contributed by atoms with Crippen LogP contribution in [0.3, 0.4) is 0 Å². The molecule has 0 spiro atoms. The zero-order valence-corrected chi connectivity index (χ0v) is 21.2. The minimum absolute atomic E-state index is 0.0989. The van der Waals surface area contributed by atoms with Crippen molar-refractivity contribution >= 4 is 5.97 Å². The molecule has 0 saturated heterocycles. The Bertz CT molecular complexity index is 868. The first-order chi connectivity index (χ1) is 15.2. The molecule has 0 N–H and O–H groups in total. The number of benzene rings is 1. The van der Waals surface area contributed by atoms with Gasteiger partial charge in [-0.3, -0.25) is 4.79 Å². The van der Waals surface area contributed by atoms with Gasteiger partial charge >= 0.3 is 5.97 Å². The standard InChI is InChI=1S/C30H44O2/c1-18(2)21(5)26(29(31)32-7)17-20(4)27-13-14-28-25-12-11-22-19(3)9-8-10-23(22)24(25)15-16-30(27,28)6/h8-10,18,20,24-28H,5,11-17H2,1-4,6-7H3/t20-,24-,25-,26-,27-,28+,30-/m1/s1. The highest BCUT2D eigenvalue weighted by Gasteiger charge is 2.55. The maximum Gasteiger partial charge on any atom is 0.312 e. The van der Waals surface area contributed by atoms with Crippen LogP contribution in [0, 0.1) is 47.8 Å². The monoisotopic (exact) mass is 436 g/mol. The fourth-order valence-corrected chi connectivity index (χ4v) is 8.26. The first-order valence-electron chi connectivity index (χ1n) is 13.0. The van der Waals surface area contributed by atoms with Crippen molar-refractivity contribution in [1.82, 2.24) is 0 Å². The second kappa shape index (κ2) is 8.99. The number of esters is 1. The van der Waals surface area contributed by atoms with Gasteiger partial charge in [0.15, 0.2) is 0 Å². The Morgan fingerprint density at radius 3 is 2.62 bits per heavy atom. The van der Waals surface area contributed by atoms with Crippen LogP contribution < -0.4 is 0 Å². The van der Waals surface area contributed by atoms with Gasteiger partial charge in [-0.25, -0.2) is 0 Å². The average Bonchev–Trinajstić information content (AvgIpc) is 3.13. The molecule has 0 radical (unpaired) electrons. The molecular formula is C30H44O2. The van der Waals surface area contributed by atoms with Crippen molar-refractivity contribution in [2.75, 3.05) is 7.11 Å². The topological polar surface area (TPSA) is 26.3 Å². The molecule has 3 aliphatic rings. The molecule has 0 unspecified atom stereocenters. The summed E-state index contributed by atoms with van der Waals surface area (Å²) >= 11 is 0. The molecule has 0 aliphatic heterocycles. The number of rotatable bonds is 6. The molecule has 0 heterocycles. The molecular weight excluding hydrogens is 392 g/mol. The Labute approximate surface area is 196 Å². The smallest absolute Gasteiger partial charge is 0.312 e. The quantitative estimate of drug-likeness (QED) is 0.341. The maximum absolute atomic E-state index is 12.6. The highest BCUT2D eigenvalue weighted by molar-refractivity contribution is 5.75. The van der Waals surface area contributed by atoms with Crippen LogP contribution in [0.4, 0.5) is 0 Å². The van der Waals surface area contributed by atoms with Crippen molar-refractivity contribution in [1.29, 1.82) is 0 Å². The van der Waals surface area contributed by atoms with E-state index in [1.807, 2.05) is 0 Å². The molecule has 4 rings (SSSR count). The minimum atomic E-state index is -0.168. The molecule has 1 aromatic carbocycles. The molecule has 3 aliphatic carbocycles. The van der Waals surface area contributed by atoms with E-state index in [9.17, 15) is 4.79 Å². The van der Waals surface area contributed by atoms with E-state index in [2.05, 4.69) is 59.4 Å². The summed E-state index contributed by atoms with van der Waals surface area (Å²) in [7, 11) is 1.52. The summed E-state index contributed by atoms with van der Waals surface area (Å²) in [6.45, 7) is 15.8. The van der Waals surface area contributed by atoms with Crippen LogP contribution in [-0.2, 0) is 16.0 Å². The van der Waals surface area contributed by atoms with Gasteiger partial charge in [-0.1, -0.05) is 58.0 Å². The SMILES string of the molecule is C=C(C(C)C)[C@@H](C[C@@H](C)[C@H]1CC[C@H]2[C@@H]3CCc4c(C)cccc4[C@H]3CC[C@]12C)C(=O)OC. The Balaban J connectivity index is 1.53. The Hall–Kier alpha value is -1.57. The number of fused-ring (bicyclic) bond motifs is 5. The third-order valence-corrected chi connectivity index (χ3v) is 10.1. The number of hydrogen-bond donors (Lipinski definition) is 0. The molecule has 0 aromatic heterocycles. The third kappa shape index (κ3) is 3.86. The number of carbonyl (C=O) groups excluding carboxylic acids is 1. The predicted octanol–water partition coefficient (Wildman–Crippen LogP) is 7.49. The molecule has 7 atom stereocenters.